The molecule has 0 bridgehead atoms. The minimum Gasteiger partial charge on any atom is -0.357 e. The van der Waals surface area contributed by atoms with Gasteiger partial charge in [-0.05, 0) is 23.3 Å². The van der Waals surface area contributed by atoms with Gasteiger partial charge in [0, 0.05) is 31.5 Å². The Bertz CT molecular complexity index is 719. The minimum atomic E-state index is -0.571. The van der Waals surface area contributed by atoms with E-state index in [9.17, 15) is 9.59 Å². The van der Waals surface area contributed by atoms with Gasteiger partial charge in [-0.2, -0.15) is 0 Å². The van der Waals surface area contributed by atoms with Gasteiger partial charge in [0.15, 0.2) is 0 Å². The lowest BCUT2D eigenvalue weighted by Crippen LogP contribution is -2.49. The van der Waals surface area contributed by atoms with Crippen molar-refractivity contribution in [3.8, 4) is 0 Å². The van der Waals surface area contributed by atoms with Gasteiger partial charge in [0.25, 0.3) is 0 Å². The van der Waals surface area contributed by atoms with Crippen LogP contribution in [-0.2, 0) is 22.6 Å². The third-order valence-electron chi connectivity index (χ3n) is 4.06. The number of halogens is 1. The van der Waals surface area contributed by atoms with Crippen LogP contribution in [-0.4, -0.2) is 29.8 Å². The second-order valence-corrected chi connectivity index (χ2v) is 6.26. The number of nitrogens with zero attached hydrogens (tertiary/aromatic N) is 1. The van der Waals surface area contributed by atoms with Gasteiger partial charge >= 0.3 is 0 Å². The van der Waals surface area contributed by atoms with Crippen LogP contribution in [0.15, 0.2) is 54.6 Å². The van der Waals surface area contributed by atoms with Crippen molar-refractivity contribution in [3.63, 3.8) is 0 Å². The Kier molecular flexibility index (Phi) is 7.02. The van der Waals surface area contributed by atoms with Gasteiger partial charge in [0.1, 0.15) is 6.04 Å². The van der Waals surface area contributed by atoms with Gasteiger partial charge in [-0.3, -0.25) is 9.59 Å². The molecule has 5 heteroatoms. The maximum absolute atomic E-state index is 12.6. The quantitative estimate of drug-likeness (QED) is 0.824. The first kappa shape index (κ1) is 19.0. The van der Waals surface area contributed by atoms with Crippen molar-refractivity contribution in [2.24, 2.45) is 0 Å². The molecule has 132 valence electrons. The number of benzene rings is 2. The highest BCUT2D eigenvalue weighted by Gasteiger charge is 2.28. The van der Waals surface area contributed by atoms with Crippen molar-refractivity contribution in [1.29, 1.82) is 0 Å². The van der Waals surface area contributed by atoms with E-state index in [0.717, 1.165) is 11.1 Å². The number of likely N-dealkylation sites (N-methyl/N-ethyl adjacent to an activating group) is 1. The summed E-state index contributed by atoms with van der Waals surface area (Å²) in [6, 6.07) is 16.5. The maximum atomic E-state index is 12.6. The number of carbonyl (C=O) groups excluding carboxylic acids is 2. The predicted octanol–water partition coefficient (Wildman–Crippen LogP) is 3.44. The van der Waals surface area contributed by atoms with Gasteiger partial charge in [0.2, 0.25) is 11.8 Å². The van der Waals surface area contributed by atoms with Crippen LogP contribution in [0.3, 0.4) is 0 Å². The van der Waals surface area contributed by atoms with E-state index in [1.54, 1.807) is 24.9 Å². The normalized spacial score (nSPS) is 11.6. The van der Waals surface area contributed by atoms with E-state index in [1.165, 1.54) is 0 Å². The Balaban J connectivity index is 2.32. The molecule has 2 amide bonds. The molecule has 1 N–H and O–H groups in total. The molecule has 0 aromatic heterocycles. The minimum absolute atomic E-state index is 0.0653. The molecule has 0 aliphatic heterocycles. The van der Waals surface area contributed by atoms with Crippen molar-refractivity contribution in [2.45, 2.75) is 32.4 Å². The molecule has 1 atom stereocenters. The van der Waals surface area contributed by atoms with E-state index >= 15 is 0 Å². The molecule has 2 aromatic rings. The number of nitrogens with one attached hydrogen (secondary N) is 1. The molecule has 0 aliphatic carbocycles. The Labute approximate surface area is 153 Å². The highest BCUT2D eigenvalue weighted by Crippen LogP contribution is 2.17. The largest absolute Gasteiger partial charge is 0.357 e. The molecule has 2 rings (SSSR count). The molecule has 2 aromatic carbocycles. The van der Waals surface area contributed by atoms with Crippen LogP contribution < -0.4 is 5.32 Å². The molecule has 0 saturated carbocycles. The fourth-order valence-electron chi connectivity index (χ4n) is 2.76. The van der Waals surface area contributed by atoms with E-state index in [1.807, 2.05) is 48.5 Å². The summed E-state index contributed by atoms with van der Waals surface area (Å²) >= 11 is 6.06. The molecule has 0 unspecified atom stereocenters. The Morgan fingerprint density at radius 3 is 2.36 bits per heavy atom. The fourth-order valence-corrected chi connectivity index (χ4v) is 2.97. The highest BCUT2D eigenvalue weighted by atomic mass is 35.5. The van der Waals surface area contributed by atoms with Crippen molar-refractivity contribution < 1.29 is 9.59 Å². The van der Waals surface area contributed by atoms with Crippen LogP contribution in [0, 0.1) is 0 Å². The Morgan fingerprint density at radius 2 is 1.76 bits per heavy atom. The summed E-state index contributed by atoms with van der Waals surface area (Å²) in [5.41, 5.74) is 1.91. The second kappa shape index (κ2) is 9.23. The predicted molar refractivity (Wildman–Crippen MR) is 100 cm³/mol. The van der Waals surface area contributed by atoms with Gasteiger partial charge in [-0.25, -0.2) is 0 Å². The zero-order valence-corrected chi connectivity index (χ0v) is 15.3. The molecule has 0 aliphatic rings. The third kappa shape index (κ3) is 5.33. The molecular formula is C20H23ClN2O2. The average Bonchev–Trinajstić information content (AvgIpc) is 2.64. The Morgan fingerprint density at radius 1 is 1.08 bits per heavy atom. The number of rotatable bonds is 7. The van der Waals surface area contributed by atoms with Crippen molar-refractivity contribution in [1.82, 2.24) is 10.2 Å². The standard InChI is InChI=1S/C20H23ClN2O2/c1-3-19(24)23(14-16-10-7-11-17(21)12-16)18(20(25)22-2)13-15-8-5-4-6-9-15/h4-12,18H,3,13-14H2,1-2H3,(H,22,25)/t18-/m0/s1. The Hall–Kier alpha value is -2.33. The molecule has 25 heavy (non-hydrogen) atoms. The topological polar surface area (TPSA) is 49.4 Å². The van der Waals surface area contributed by atoms with Crippen LogP contribution in [0.4, 0.5) is 0 Å². The first-order chi connectivity index (χ1) is 12.0. The lowest BCUT2D eigenvalue weighted by Gasteiger charge is -2.31. The van der Waals surface area contributed by atoms with Gasteiger partial charge in [-0.1, -0.05) is 61.0 Å². The van der Waals surface area contributed by atoms with Crippen molar-refractivity contribution in [2.75, 3.05) is 7.05 Å². The number of carbonyl (C=O) groups is 2. The van der Waals surface area contributed by atoms with Gasteiger partial charge in [-0.15, -0.1) is 0 Å². The molecule has 0 spiro atoms. The fraction of sp³-hybridized carbons (Fsp3) is 0.300. The summed E-state index contributed by atoms with van der Waals surface area (Å²) < 4.78 is 0. The van der Waals surface area contributed by atoms with E-state index in [-0.39, 0.29) is 11.8 Å². The molecular weight excluding hydrogens is 336 g/mol. The second-order valence-electron chi connectivity index (χ2n) is 5.82. The zero-order chi connectivity index (χ0) is 18.2. The maximum Gasteiger partial charge on any atom is 0.242 e. The molecule has 0 radical (unpaired) electrons. The first-order valence-electron chi connectivity index (χ1n) is 8.34. The SMILES string of the molecule is CCC(=O)N(Cc1cccc(Cl)c1)[C@@H](Cc1ccccc1)C(=O)NC. The molecule has 0 heterocycles. The van der Waals surface area contributed by atoms with Crippen LogP contribution in [0.5, 0.6) is 0 Å². The van der Waals surface area contributed by atoms with Gasteiger partial charge < -0.3 is 10.2 Å². The van der Waals surface area contributed by atoms with Crippen LogP contribution in [0.25, 0.3) is 0 Å². The van der Waals surface area contributed by atoms with Crippen LogP contribution in [0.2, 0.25) is 5.02 Å². The summed E-state index contributed by atoms with van der Waals surface area (Å²) in [4.78, 5) is 26.7. The lowest BCUT2D eigenvalue weighted by atomic mass is 10.0. The van der Waals surface area contributed by atoms with E-state index in [4.69, 9.17) is 11.6 Å². The number of hydrogen-bond donors (Lipinski definition) is 1. The summed E-state index contributed by atoms with van der Waals surface area (Å²) in [6.07, 6.45) is 0.801. The highest BCUT2D eigenvalue weighted by molar-refractivity contribution is 6.30. The number of hydrogen-bond acceptors (Lipinski definition) is 2. The van der Waals surface area contributed by atoms with E-state index in [0.29, 0.717) is 24.4 Å². The zero-order valence-electron chi connectivity index (χ0n) is 14.5. The molecule has 4 nitrogen and oxygen atoms in total. The van der Waals surface area contributed by atoms with E-state index in [2.05, 4.69) is 5.32 Å². The summed E-state index contributed by atoms with van der Waals surface area (Å²) in [6.45, 7) is 2.15. The summed E-state index contributed by atoms with van der Waals surface area (Å²) in [5.74, 6) is -0.239. The molecule has 0 fully saturated rings. The van der Waals surface area contributed by atoms with Crippen LogP contribution >= 0.6 is 11.6 Å². The smallest absolute Gasteiger partial charge is 0.242 e. The summed E-state index contributed by atoms with van der Waals surface area (Å²) in [7, 11) is 1.59. The first-order valence-corrected chi connectivity index (χ1v) is 8.72. The van der Waals surface area contributed by atoms with Gasteiger partial charge in [0.05, 0.1) is 0 Å². The number of amides is 2. The monoisotopic (exact) mass is 358 g/mol. The lowest BCUT2D eigenvalue weighted by molar-refractivity contribution is -0.140. The average molecular weight is 359 g/mol. The van der Waals surface area contributed by atoms with Crippen molar-refractivity contribution >= 4 is 23.4 Å². The van der Waals surface area contributed by atoms with Crippen molar-refractivity contribution in [3.05, 3.63) is 70.7 Å². The summed E-state index contributed by atoms with van der Waals surface area (Å²) in [5, 5.41) is 3.30. The molecule has 0 saturated heterocycles. The van der Waals surface area contributed by atoms with Crippen LogP contribution in [0.1, 0.15) is 24.5 Å². The van der Waals surface area contributed by atoms with E-state index < -0.39 is 6.04 Å². The third-order valence-corrected chi connectivity index (χ3v) is 4.30.